The highest BCUT2D eigenvalue weighted by Gasteiger charge is 2.30. The molecular formula is C26H28N2O5S. The monoisotopic (exact) mass is 480 g/mol. The van der Waals surface area contributed by atoms with Crippen molar-refractivity contribution in [3.8, 4) is 5.75 Å². The second-order valence-corrected chi connectivity index (χ2v) is 10.7. The molecule has 1 N–H and O–H groups in total. The van der Waals surface area contributed by atoms with Crippen LogP contribution in [0.3, 0.4) is 0 Å². The Morgan fingerprint density at radius 2 is 1.74 bits per heavy atom. The molecule has 4 rings (SSSR count). The molecule has 1 saturated carbocycles. The van der Waals surface area contributed by atoms with Crippen molar-refractivity contribution in [3.63, 3.8) is 0 Å². The molecule has 0 aliphatic heterocycles. The SMILES string of the molecule is CN(CCCOc1cccc(S(C)(=O)=O)c1)C(=O)c1cc2ccccc2cc1NC(=O)C1CC1. The van der Waals surface area contributed by atoms with Gasteiger partial charge in [0.05, 0.1) is 22.8 Å². The minimum Gasteiger partial charge on any atom is -0.493 e. The molecule has 2 amide bonds. The Bertz CT molecular complexity index is 1330. The number of hydrogen-bond donors (Lipinski definition) is 1. The first-order valence-electron chi connectivity index (χ1n) is 11.2. The fourth-order valence-corrected chi connectivity index (χ4v) is 4.35. The molecule has 8 heteroatoms. The van der Waals surface area contributed by atoms with Crippen molar-refractivity contribution in [3.05, 3.63) is 66.2 Å². The smallest absolute Gasteiger partial charge is 0.255 e. The Labute approximate surface area is 199 Å². The lowest BCUT2D eigenvalue weighted by molar-refractivity contribution is -0.117. The van der Waals surface area contributed by atoms with Crippen molar-refractivity contribution in [2.75, 3.05) is 31.8 Å². The van der Waals surface area contributed by atoms with Crippen LogP contribution in [0.15, 0.2) is 65.6 Å². The molecule has 3 aromatic rings. The normalized spacial score (nSPS) is 13.5. The maximum absolute atomic E-state index is 13.3. The van der Waals surface area contributed by atoms with Crippen LogP contribution in [-0.4, -0.2) is 51.6 Å². The van der Waals surface area contributed by atoms with E-state index in [0.717, 1.165) is 29.9 Å². The van der Waals surface area contributed by atoms with Gasteiger partial charge >= 0.3 is 0 Å². The van der Waals surface area contributed by atoms with E-state index in [1.807, 2.05) is 36.4 Å². The van der Waals surface area contributed by atoms with Gasteiger partial charge in [0.1, 0.15) is 5.75 Å². The number of amides is 2. The number of fused-ring (bicyclic) bond motifs is 1. The third-order valence-electron chi connectivity index (χ3n) is 5.81. The molecular weight excluding hydrogens is 452 g/mol. The molecule has 0 radical (unpaired) electrons. The zero-order valence-corrected chi connectivity index (χ0v) is 20.1. The fourth-order valence-electron chi connectivity index (χ4n) is 3.69. The first kappa shape index (κ1) is 23.8. The highest BCUT2D eigenvalue weighted by atomic mass is 32.2. The van der Waals surface area contributed by atoms with E-state index in [9.17, 15) is 18.0 Å². The van der Waals surface area contributed by atoms with Gasteiger partial charge in [0.25, 0.3) is 5.91 Å². The van der Waals surface area contributed by atoms with Crippen LogP contribution in [0.2, 0.25) is 0 Å². The molecule has 3 aromatic carbocycles. The molecule has 0 spiro atoms. The third kappa shape index (κ3) is 5.75. The van der Waals surface area contributed by atoms with Crippen LogP contribution in [0.25, 0.3) is 10.8 Å². The van der Waals surface area contributed by atoms with Crippen LogP contribution in [-0.2, 0) is 14.6 Å². The van der Waals surface area contributed by atoms with Gasteiger partial charge in [-0.1, -0.05) is 30.3 Å². The number of carbonyl (C=O) groups is 2. The zero-order valence-electron chi connectivity index (χ0n) is 19.3. The van der Waals surface area contributed by atoms with Crippen molar-refractivity contribution in [1.82, 2.24) is 4.90 Å². The van der Waals surface area contributed by atoms with E-state index in [4.69, 9.17) is 4.74 Å². The number of ether oxygens (including phenoxy) is 1. The Morgan fingerprint density at radius 3 is 2.41 bits per heavy atom. The number of hydrogen-bond acceptors (Lipinski definition) is 5. The summed E-state index contributed by atoms with van der Waals surface area (Å²) < 4.78 is 29.1. The molecule has 0 aromatic heterocycles. The van der Waals surface area contributed by atoms with Crippen LogP contribution < -0.4 is 10.1 Å². The maximum Gasteiger partial charge on any atom is 0.255 e. The lowest BCUT2D eigenvalue weighted by Gasteiger charge is -2.20. The summed E-state index contributed by atoms with van der Waals surface area (Å²) in [6.07, 6.45) is 3.48. The van der Waals surface area contributed by atoms with E-state index in [2.05, 4.69) is 5.32 Å². The molecule has 0 unspecified atom stereocenters. The second-order valence-electron chi connectivity index (χ2n) is 8.68. The van der Waals surface area contributed by atoms with Crippen molar-refractivity contribution in [2.24, 2.45) is 5.92 Å². The summed E-state index contributed by atoms with van der Waals surface area (Å²) in [5, 5.41) is 4.83. The zero-order chi connectivity index (χ0) is 24.3. The number of nitrogens with one attached hydrogen (secondary N) is 1. The lowest BCUT2D eigenvalue weighted by Crippen LogP contribution is -2.30. The van der Waals surface area contributed by atoms with Crippen LogP contribution >= 0.6 is 0 Å². The predicted octanol–water partition coefficient (Wildman–Crippen LogP) is 4.13. The van der Waals surface area contributed by atoms with Crippen LogP contribution in [0, 0.1) is 5.92 Å². The second kappa shape index (κ2) is 9.85. The lowest BCUT2D eigenvalue weighted by atomic mass is 10.0. The number of nitrogens with zero attached hydrogens (tertiary/aromatic N) is 1. The highest BCUT2D eigenvalue weighted by molar-refractivity contribution is 7.90. The molecule has 0 bridgehead atoms. The molecule has 7 nitrogen and oxygen atoms in total. The number of benzene rings is 3. The van der Waals surface area contributed by atoms with Gasteiger partial charge in [0, 0.05) is 25.8 Å². The van der Waals surface area contributed by atoms with Crippen LogP contribution in [0.1, 0.15) is 29.6 Å². The summed E-state index contributed by atoms with van der Waals surface area (Å²) >= 11 is 0. The molecule has 34 heavy (non-hydrogen) atoms. The predicted molar refractivity (Wildman–Crippen MR) is 132 cm³/mol. The minimum absolute atomic E-state index is 0.0329. The Balaban J connectivity index is 1.41. The number of sulfone groups is 1. The van der Waals surface area contributed by atoms with E-state index in [1.165, 1.54) is 12.1 Å². The minimum atomic E-state index is -3.30. The van der Waals surface area contributed by atoms with Gasteiger partial charge in [-0.3, -0.25) is 9.59 Å². The average Bonchev–Trinajstić information content (AvgIpc) is 3.66. The largest absolute Gasteiger partial charge is 0.493 e. The molecule has 0 saturated heterocycles. The summed E-state index contributed by atoms with van der Waals surface area (Å²) in [4.78, 5) is 27.5. The summed E-state index contributed by atoms with van der Waals surface area (Å²) in [6.45, 7) is 0.765. The summed E-state index contributed by atoms with van der Waals surface area (Å²) in [6, 6.07) is 17.8. The van der Waals surface area contributed by atoms with Gasteiger partial charge < -0.3 is 15.0 Å². The highest BCUT2D eigenvalue weighted by Crippen LogP contribution is 2.32. The van der Waals surface area contributed by atoms with Gasteiger partial charge in [-0.25, -0.2) is 8.42 Å². The molecule has 1 aliphatic rings. The van der Waals surface area contributed by atoms with Crippen molar-refractivity contribution in [1.29, 1.82) is 0 Å². The van der Waals surface area contributed by atoms with Crippen LogP contribution in [0.5, 0.6) is 5.75 Å². The van der Waals surface area contributed by atoms with Crippen molar-refractivity contribution >= 4 is 38.1 Å². The molecule has 0 heterocycles. The maximum atomic E-state index is 13.3. The molecule has 1 fully saturated rings. The number of carbonyl (C=O) groups excluding carboxylic acids is 2. The van der Waals surface area contributed by atoms with E-state index < -0.39 is 9.84 Å². The first-order valence-corrected chi connectivity index (χ1v) is 13.1. The summed E-state index contributed by atoms with van der Waals surface area (Å²) in [5.74, 6) is 0.273. The van der Waals surface area contributed by atoms with Crippen molar-refractivity contribution < 1.29 is 22.7 Å². The van der Waals surface area contributed by atoms with Gasteiger partial charge in [-0.05, 0) is 60.4 Å². The van der Waals surface area contributed by atoms with Gasteiger partial charge in [-0.15, -0.1) is 0 Å². The first-order chi connectivity index (χ1) is 16.2. The van der Waals surface area contributed by atoms with Crippen molar-refractivity contribution in [2.45, 2.75) is 24.2 Å². The fraction of sp³-hybridized carbons (Fsp3) is 0.308. The van der Waals surface area contributed by atoms with Crippen LogP contribution in [0.4, 0.5) is 5.69 Å². The van der Waals surface area contributed by atoms with E-state index in [0.29, 0.717) is 36.6 Å². The molecule has 0 atom stereocenters. The quantitative estimate of drug-likeness (QED) is 0.465. The van der Waals surface area contributed by atoms with Gasteiger partial charge in [-0.2, -0.15) is 0 Å². The standard InChI is InChI=1S/C26H28N2O5S/c1-28(13-6-14-33-21-9-5-10-22(17-21)34(2,31)32)26(30)23-15-19-7-3-4-8-20(19)16-24(23)27-25(29)18-11-12-18/h3-5,7-10,15-18H,6,11-14H2,1-2H3,(H,27,29). The average molecular weight is 481 g/mol. The summed E-state index contributed by atoms with van der Waals surface area (Å²) in [7, 11) is -1.59. The number of anilines is 1. The van der Waals surface area contributed by atoms with E-state index >= 15 is 0 Å². The topological polar surface area (TPSA) is 92.8 Å². The van der Waals surface area contributed by atoms with E-state index in [1.54, 1.807) is 24.1 Å². The third-order valence-corrected chi connectivity index (χ3v) is 6.92. The van der Waals surface area contributed by atoms with E-state index in [-0.39, 0.29) is 22.6 Å². The Hall–Kier alpha value is -3.39. The van der Waals surface area contributed by atoms with Gasteiger partial charge in [0.2, 0.25) is 5.91 Å². The molecule has 178 valence electrons. The molecule has 1 aliphatic carbocycles. The van der Waals surface area contributed by atoms with Gasteiger partial charge in [0.15, 0.2) is 9.84 Å². The summed E-state index contributed by atoms with van der Waals surface area (Å²) in [5.41, 5.74) is 0.985. The Morgan fingerprint density at radius 1 is 1.03 bits per heavy atom. The number of rotatable bonds is 9. The Kier molecular flexibility index (Phi) is 6.88.